The van der Waals surface area contributed by atoms with Crippen molar-refractivity contribution < 1.29 is 5.11 Å². The van der Waals surface area contributed by atoms with Crippen molar-refractivity contribution in [1.29, 1.82) is 5.26 Å². The zero-order chi connectivity index (χ0) is 13.3. The summed E-state index contributed by atoms with van der Waals surface area (Å²) in [6, 6.07) is 2.39. The molecular weight excluding hydrogens is 226 g/mol. The topological polar surface area (TPSA) is 61.8 Å². The van der Waals surface area contributed by atoms with Crippen LogP contribution >= 0.6 is 0 Å². The minimum atomic E-state index is -0.715. The molecule has 0 spiro atoms. The second-order valence-corrected chi connectivity index (χ2v) is 5.53. The lowest BCUT2D eigenvalue weighted by Gasteiger charge is -2.27. The molecular formula is C14H21N3O. The first kappa shape index (κ1) is 13.1. The van der Waals surface area contributed by atoms with E-state index in [1.54, 1.807) is 4.68 Å². The number of nitriles is 1. The van der Waals surface area contributed by atoms with Gasteiger partial charge in [0, 0.05) is 18.8 Å². The molecule has 1 aromatic heterocycles. The van der Waals surface area contributed by atoms with Gasteiger partial charge in [0.2, 0.25) is 0 Å². The highest BCUT2D eigenvalue weighted by Gasteiger charge is 2.46. The largest absolute Gasteiger partial charge is 0.387 e. The summed E-state index contributed by atoms with van der Waals surface area (Å²) in [6.07, 6.45) is 4.83. The van der Waals surface area contributed by atoms with Crippen LogP contribution in [0.25, 0.3) is 0 Å². The van der Waals surface area contributed by atoms with Crippen molar-refractivity contribution in [2.45, 2.75) is 45.6 Å². The molecule has 1 saturated carbocycles. The molecule has 4 nitrogen and oxygen atoms in total. The van der Waals surface area contributed by atoms with Crippen molar-refractivity contribution in [3.8, 4) is 6.07 Å². The van der Waals surface area contributed by atoms with Crippen molar-refractivity contribution in [3.05, 3.63) is 17.5 Å². The highest BCUT2D eigenvalue weighted by atomic mass is 16.3. The SMILES string of the molecule is CCC1CCC(C#N)(C(O)c2cn(C)nc2C)C1. The summed E-state index contributed by atoms with van der Waals surface area (Å²) in [5.41, 5.74) is 1.00. The quantitative estimate of drug-likeness (QED) is 0.892. The summed E-state index contributed by atoms with van der Waals surface area (Å²) >= 11 is 0. The molecule has 1 fully saturated rings. The Hall–Kier alpha value is -1.34. The number of hydrogen-bond donors (Lipinski definition) is 1. The van der Waals surface area contributed by atoms with Crippen LogP contribution in [0.2, 0.25) is 0 Å². The number of aliphatic hydroxyl groups excluding tert-OH is 1. The van der Waals surface area contributed by atoms with E-state index in [9.17, 15) is 10.4 Å². The molecule has 0 aliphatic heterocycles. The molecule has 3 unspecified atom stereocenters. The van der Waals surface area contributed by atoms with Gasteiger partial charge in [0.05, 0.1) is 17.2 Å². The third-order valence-electron chi connectivity index (χ3n) is 4.32. The van der Waals surface area contributed by atoms with Crippen molar-refractivity contribution in [2.75, 3.05) is 0 Å². The van der Waals surface area contributed by atoms with Crippen molar-refractivity contribution in [2.24, 2.45) is 18.4 Å². The molecule has 1 aliphatic carbocycles. The molecule has 0 radical (unpaired) electrons. The van der Waals surface area contributed by atoms with Gasteiger partial charge < -0.3 is 5.11 Å². The van der Waals surface area contributed by atoms with Gasteiger partial charge in [-0.05, 0) is 32.1 Å². The van der Waals surface area contributed by atoms with E-state index in [2.05, 4.69) is 18.1 Å². The van der Waals surface area contributed by atoms with E-state index in [0.29, 0.717) is 5.92 Å². The monoisotopic (exact) mass is 247 g/mol. The van der Waals surface area contributed by atoms with E-state index in [-0.39, 0.29) is 0 Å². The van der Waals surface area contributed by atoms with Crippen LogP contribution in [0.1, 0.15) is 50.0 Å². The maximum absolute atomic E-state index is 10.6. The summed E-state index contributed by atoms with van der Waals surface area (Å²) < 4.78 is 1.70. The average molecular weight is 247 g/mol. The Kier molecular flexibility index (Phi) is 3.45. The minimum Gasteiger partial charge on any atom is -0.387 e. The van der Waals surface area contributed by atoms with Crippen molar-refractivity contribution in [3.63, 3.8) is 0 Å². The van der Waals surface area contributed by atoms with E-state index >= 15 is 0 Å². The Balaban J connectivity index is 2.29. The maximum Gasteiger partial charge on any atom is 0.101 e. The zero-order valence-electron chi connectivity index (χ0n) is 11.3. The molecule has 98 valence electrons. The molecule has 0 saturated heterocycles. The predicted molar refractivity (Wildman–Crippen MR) is 68.6 cm³/mol. The molecule has 1 heterocycles. The minimum absolute atomic E-state index is 0.566. The first-order chi connectivity index (χ1) is 8.52. The van der Waals surface area contributed by atoms with Gasteiger partial charge in [-0.1, -0.05) is 13.3 Å². The van der Waals surface area contributed by atoms with Crippen LogP contribution in [0, 0.1) is 29.6 Å². The highest BCUT2D eigenvalue weighted by molar-refractivity contribution is 5.25. The van der Waals surface area contributed by atoms with Crippen LogP contribution in [0.4, 0.5) is 0 Å². The van der Waals surface area contributed by atoms with Gasteiger partial charge in [-0.3, -0.25) is 4.68 Å². The third kappa shape index (κ3) is 2.04. The summed E-state index contributed by atoms with van der Waals surface area (Å²) in [6.45, 7) is 4.04. The molecule has 3 atom stereocenters. The number of aryl methyl sites for hydroxylation is 2. The van der Waals surface area contributed by atoms with Gasteiger partial charge in [0.15, 0.2) is 0 Å². The number of hydrogen-bond acceptors (Lipinski definition) is 3. The number of aromatic nitrogens is 2. The van der Waals surface area contributed by atoms with Gasteiger partial charge in [0.1, 0.15) is 6.10 Å². The third-order valence-corrected chi connectivity index (χ3v) is 4.32. The van der Waals surface area contributed by atoms with E-state index in [4.69, 9.17) is 0 Å². The molecule has 1 aliphatic rings. The Morgan fingerprint density at radius 1 is 1.72 bits per heavy atom. The second-order valence-electron chi connectivity index (χ2n) is 5.53. The fourth-order valence-corrected chi connectivity index (χ4v) is 3.12. The average Bonchev–Trinajstić information content (AvgIpc) is 2.92. The Labute approximate surface area is 108 Å². The van der Waals surface area contributed by atoms with E-state index in [1.165, 1.54) is 0 Å². The van der Waals surface area contributed by atoms with Gasteiger partial charge in [-0.15, -0.1) is 0 Å². The van der Waals surface area contributed by atoms with Crippen LogP contribution in [0.15, 0.2) is 6.20 Å². The normalized spacial score (nSPS) is 29.2. The van der Waals surface area contributed by atoms with Crippen LogP contribution in [-0.2, 0) is 7.05 Å². The number of rotatable bonds is 3. The molecule has 1 aromatic rings. The first-order valence-electron chi connectivity index (χ1n) is 6.62. The van der Waals surface area contributed by atoms with Crippen LogP contribution in [-0.4, -0.2) is 14.9 Å². The number of nitrogens with zero attached hydrogens (tertiary/aromatic N) is 3. The van der Waals surface area contributed by atoms with Crippen molar-refractivity contribution in [1.82, 2.24) is 9.78 Å². The van der Waals surface area contributed by atoms with Gasteiger partial charge in [-0.2, -0.15) is 10.4 Å². The first-order valence-corrected chi connectivity index (χ1v) is 6.62. The Morgan fingerprint density at radius 2 is 2.44 bits per heavy atom. The smallest absolute Gasteiger partial charge is 0.101 e. The Morgan fingerprint density at radius 3 is 2.89 bits per heavy atom. The summed E-state index contributed by atoms with van der Waals surface area (Å²) in [4.78, 5) is 0. The standard InChI is InChI=1S/C14H21N3O/c1-4-11-5-6-14(7-11,9-15)13(18)12-8-17(3)16-10(12)2/h8,11,13,18H,4-7H2,1-3H3. The van der Waals surface area contributed by atoms with Crippen molar-refractivity contribution >= 4 is 0 Å². The maximum atomic E-state index is 10.6. The molecule has 4 heteroatoms. The summed E-state index contributed by atoms with van der Waals surface area (Å²) in [5.74, 6) is 0.566. The lowest BCUT2D eigenvalue weighted by molar-refractivity contribution is 0.0635. The highest BCUT2D eigenvalue weighted by Crippen LogP contribution is 2.50. The molecule has 1 N–H and O–H groups in total. The van der Waals surface area contributed by atoms with E-state index < -0.39 is 11.5 Å². The summed E-state index contributed by atoms with van der Waals surface area (Å²) in [5, 5.41) is 24.4. The number of aliphatic hydroxyl groups is 1. The molecule has 2 rings (SSSR count). The Bertz CT molecular complexity index is 474. The lowest BCUT2D eigenvalue weighted by atomic mass is 9.78. The molecule has 0 aromatic carbocycles. The molecule has 0 amide bonds. The fourth-order valence-electron chi connectivity index (χ4n) is 3.12. The van der Waals surface area contributed by atoms with Gasteiger partial charge in [0.25, 0.3) is 0 Å². The van der Waals surface area contributed by atoms with Gasteiger partial charge in [-0.25, -0.2) is 0 Å². The van der Waals surface area contributed by atoms with Crippen LogP contribution < -0.4 is 0 Å². The van der Waals surface area contributed by atoms with Crippen LogP contribution in [0.5, 0.6) is 0 Å². The molecule has 18 heavy (non-hydrogen) atoms. The van der Waals surface area contributed by atoms with Gasteiger partial charge >= 0.3 is 0 Å². The predicted octanol–water partition coefficient (Wildman–Crippen LogP) is 2.48. The summed E-state index contributed by atoms with van der Waals surface area (Å²) in [7, 11) is 1.84. The van der Waals surface area contributed by atoms with Crippen LogP contribution in [0.3, 0.4) is 0 Å². The zero-order valence-corrected chi connectivity index (χ0v) is 11.3. The van der Waals surface area contributed by atoms with E-state index in [0.717, 1.165) is 36.9 Å². The molecule has 0 bridgehead atoms. The second kappa shape index (κ2) is 4.74. The lowest BCUT2D eigenvalue weighted by Crippen LogP contribution is -2.25. The van der Waals surface area contributed by atoms with E-state index in [1.807, 2.05) is 20.2 Å². The fraction of sp³-hybridized carbons (Fsp3) is 0.714.